The average Bonchev–Trinajstić information content (AvgIpc) is 3.64. The van der Waals surface area contributed by atoms with Crippen LogP contribution >= 0.6 is 11.8 Å². The number of ether oxygens (including phenoxy) is 3. The highest BCUT2D eigenvalue weighted by Gasteiger charge is 2.78. The lowest BCUT2D eigenvalue weighted by atomic mass is 9.44. The van der Waals surface area contributed by atoms with Crippen molar-refractivity contribution in [2.45, 2.75) is 94.2 Å². The van der Waals surface area contributed by atoms with E-state index in [-0.39, 0.29) is 31.4 Å². The summed E-state index contributed by atoms with van der Waals surface area (Å²) in [4.78, 5) is 52.3. The molecule has 0 aromatic rings. The summed E-state index contributed by atoms with van der Waals surface area (Å²) in [5.41, 5.74) is -6.99. The first-order valence-corrected chi connectivity index (χ1v) is 15.4. The van der Waals surface area contributed by atoms with E-state index in [9.17, 15) is 24.3 Å². The lowest BCUT2D eigenvalue weighted by Crippen LogP contribution is -2.71. The number of hydrogen-bond donors (Lipinski definition) is 1. The molecule has 41 heavy (non-hydrogen) atoms. The van der Waals surface area contributed by atoms with Crippen molar-refractivity contribution >= 4 is 34.6 Å². The average molecular weight is 595 g/mol. The van der Waals surface area contributed by atoms with Crippen LogP contribution in [0.3, 0.4) is 0 Å². The first-order chi connectivity index (χ1) is 19.3. The van der Waals surface area contributed by atoms with Gasteiger partial charge in [-0.2, -0.15) is 0 Å². The molecule has 3 saturated carbocycles. The molecule has 5 fully saturated rings. The van der Waals surface area contributed by atoms with Gasteiger partial charge >= 0.3 is 11.9 Å². The highest BCUT2D eigenvalue weighted by atomic mass is 32.2. The lowest BCUT2D eigenvalue weighted by Gasteiger charge is -2.63. The van der Waals surface area contributed by atoms with Crippen molar-refractivity contribution in [1.29, 1.82) is 0 Å². The van der Waals surface area contributed by atoms with Crippen LogP contribution in [-0.4, -0.2) is 76.1 Å². The highest BCUT2D eigenvalue weighted by molar-refractivity contribution is 8.14. The fourth-order valence-corrected chi connectivity index (χ4v) is 10.3. The predicted octanol–water partition coefficient (Wildman–Crippen LogP) is 3.59. The van der Waals surface area contributed by atoms with Gasteiger partial charge in [-0.15, -0.1) is 0 Å². The van der Waals surface area contributed by atoms with E-state index < -0.39 is 86.3 Å². The van der Waals surface area contributed by atoms with Crippen molar-refractivity contribution < 1.29 is 47.3 Å². The second-order valence-corrected chi connectivity index (χ2v) is 14.2. The van der Waals surface area contributed by atoms with E-state index in [1.165, 1.54) is 19.1 Å². The number of esters is 2. The molecule has 0 unspecified atom stereocenters. The number of alkyl halides is 2. The molecule has 0 aromatic heterocycles. The van der Waals surface area contributed by atoms with Crippen LogP contribution < -0.4 is 0 Å². The number of rotatable bonds is 4. The third kappa shape index (κ3) is 3.83. The van der Waals surface area contributed by atoms with Crippen LogP contribution in [0.15, 0.2) is 23.8 Å². The third-order valence-electron chi connectivity index (χ3n) is 11.1. The number of allylic oxidation sites excluding steroid dienone is 4. The molecule has 6 aliphatic rings. The van der Waals surface area contributed by atoms with E-state index in [0.717, 1.165) is 17.8 Å². The molecule has 0 radical (unpaired) electrons. The van der Waals surface area contributed by atoms with E-state index in [1.807, 2.05) is 0 Å². The van der Waals surface area contributed by atoms with Crippen molar-refractivity contribution in [2.24, 2.45) is 28.6 Å². The summed E-state index contributed by atoms with van der Waals surface area (Å²) >= 11 is 0.763. The third-order valence-corrected chi connectivity index (χ3v) is 12.3. The molecule has 8 nitrogen and oxygen atoms in total. The normalized spacial score (nSPS) is 48.6. The van der Waals surface area contributed by atoms with Crippen molar-refractivity contribution in [2.75, 3.05) is 13.2 Å². The molecular formula is C30H36F2O8S. The fourth-order valence-electron chi connectivity index (χ4n) is 9.01. The molecule has 0 spiro atoms. The summed E-state index contributed by atoms with van der Waals surface area (Å²) in [6.45, 7) is 5.55. The Balaban J connectivity index is 1.44. The predicted molar refractivity (Wildman–Crippen MR) is 143 cm³/mol. The number of ketones is 1. The van der Waals surface area contributed by atoms with Crippen molar-refractivity contribution in [3.8, 4) is 0 Å². The zero-order valence-electron chi connectivity index (χ0n) is 23.4. The Hall–Kier alpha value is -2.11. The monoisotopic (exact) mass is 594 g/mol. The molecule has 6 rings (SSSR count). The van der Waals surface area contributed by atoms with Gasteiger partial charge in [0.25, 0.3) is 0 Å². The first kappa shape index (κ1) is 29.0. The maximum absolute atomic E-state index is 17.6. The second-order valence-electron chi connectivity index (χ2n) is 13.0. The number of fused-ring (bicyclic) bond motifs is 5. The van der Waals surface area contributed by atoms with E-state index in [4.69, 9.17) is 14.2 Å². The van der Waals surface area contributed by atoms with E-state index in [1.54, 1.807) is 13.8 Å². The largest absolute Gasteiger partial charge is 0.465 e. The molecule has 2 aliphatic heterocycles. The quantitative estimate of drug-likeness (QED) is 0.488. The zero-order valence-corrected chi connectivity index (χ0v) is 24.2. The number of aliphatic hydroxyl groups excluding tert-OH is 1. The summed E-state index contributed by atoms with van der Waals surface area (Å²) in [6.07, 6.45) is 0.699. The molecule has 2 saturated heterocycles. The summed E-state index contributed by atoms with van der Waals surface area (Å²) in [5, 5.41) is 10.4. The number of thioether (sulfide) groups is 1. The van der Waals surface area contributed by atoms with Gasteiger partial charge in [-0.25, -0.2) is 13.6 Å². The molecule has 1 N–H and O–H groups in total. The minimum absolute atomic E-state index is 0.0138. The fraction of sp³-hybridized carbons (Fsp3) is 0.733. The maximum atomic E-state index is 17.6. The standard InChI is InChI=1S/C30H36F2O8S/c1-15-11-17-18-13-20(31)19-12-16(33)6-8-27(19,2)29(18,32)23(34)14-28(17,3)30(15,40-24(35)21-5-4-9-38-21)26(37)41-22-7-10-39-25(22)36/h6,8,12,15,17-18,20-23,34H,4-5,7,9-11,13-14H2,1-3H3/t15-,17+,18+,20+,21-,22+,23+,27+,28+,29+,30+/m1/s1. The molecule has 0 bridgehead atoms. The van der Waals surface area contributed by atoms with Crippen LogP contribution in [0, 0.1) is 28.6 Å². The number of carbonyl (C=O) groups is 4. The molecular weight excluding hydrogens is 558 g/mol. The topological polar surface area (TPSA) is 116 Å². The highest BCUT2D eigenvalue weighted by Crippen LogP contribution is 2.72. The minimum atomic E-state index is -2.33. The van der Waals surface area contributed by atoms with Crippen LogP contribution in [-0.2, 0) is 33.4 Å². The van der Waals surface area contributed by atoms with Crippen LogP contribution in [0.5, 0.6) is 0 Å². The Kier molecular flexibility index (Phi) is 6.86. The number of cyclic esters (lactones) is 1. The zero-order chi connectivity index (χ0) is 29.5. The number of hydrogen-bond acceptors (Lipinski definition) is 9. The van der Waals surface area contributed by atoms with Gasteiger partial charge in [0.2, 0.25) is 5.12 Å². The summed E-state index contributed by atoms with van der Waals surface area (Å²) < 4.78 is 50.3. The molecule has 11 atom stereocenters. The molecule has 0 amide bonds. The van der Waals surface area contributed by atoms with Gasteiger partial charge in [0.1, 0.15) is 11.4 Å². The Morgan fingerprint density at radius 1 is 1.15 bits per heavy atom. The van der Waals surface area contributed by atoms with Gasteiger partial charge in [0.05, 0.1) is 12.7 Å². The van der Waals surface area contributed by atoms with Crippen LogP contribution in [0.1, 0.15) is 59.3 Å². The van der Waals surface area contributed by atoms with Crippen LogP contribution in [0.2, 0.25) is 0 Å². The number of carbonyl (C=O) groups excluding carboxylic acids is 4. The summed E-state index contributed by atoms with van der Waals surface area (Å²) in [7, 11) is 0. The molecule has 2 heterocycles. The Morgan fingerprint density at radius 2 is 1.90 bits per heavy atom. The van der Waals surface area contributed by atoms with Crippen LogP contribution in [0.4, 0.5) is 8.78 Å². The lowest BCUT2D eigenvalue weighted by molar-refractivity contribution is -0.231. The molecule has 224 valence electrons. The van der Waals surface area contributed by atoms with Gasteiger partial charge < -0.3 is 19.3 Å². The van der Waals surface area contributed by atoms with E-state index in [2.05, 4.69) is 0 Å². The Bertz CT molecular complexity index is 1250. The van der Waals surface area contributed by atoms with Crippen molar-refractivity contribution in [3.05, 3.63) is 23.8 Å². The van der Waals surface area contributed by atoms with Crippen molar-refractivity contribution in [1.82, 2.24) is 0 Å². The molecule has 11 heteroatoms. The van der Waals surface area contributed by atoms with Gasteiger partial charge in [0.15, 0.2) is 23.2 Å². The van der Waals surface area contributed by atoms with Gasteiger partial charge in [-0.3, -0.25) is 14.4 Å². The minimum Gasteiger partial charge on any atom is -0.465 e. The summed E-state index contributed by atoms with van der Waals surface area (Å²) in [5.74, 6) is -3.97. The van der Waals surface area contributed by atoms with Gasteiger partial charge in [0, 0.05) is 35.7 Å². The summed E-state index contributed by atoms with van der Waals surface area (Å²) in [6, 6.07) is 0. The smallest absolute Gasteiger partial charge is 0.336 e. The van der Waals surface area contributed by atoms with Gasteiger partial charge in [-0.1, -0.05) is 31.7 Å². The SMILES string of the molecule is C[C@@H]1C[C@H]2[C@@H]3C[C@H](F)C4=CC(=O)C=C[C@]4(C)[C@@]3(F)[C@@H](O)C[C@]2(C)[C@@]1(OC(=O)[C@H]1CCCO1)C(=O)S[C@H]1CCOC1=O. The molecule has 0 aromatic carbocycles. The first-order valence-electron chi connectivity index (χ1n) is 14.5. The Morgan fingerprint density at radius 3 is 2.56 bits per heavy atom. The van der Waals surface area contributed by atoms with E-state index in [0.29, 0.717) is 25.9 Å². The Labute approximate surface area is 241 Å². The number of aliphatic hydroxyl groups is 1. The second kappa shape index (κ2) is 9.71. The maximum Gasteiger partial charge on any atom is 0.336 e. The molecule has 4 aliphatic carbocycles. The number of halogens is 2. The van der Waals surface area contributed by atoms with Crippen LogP contribution in [0.25, 0.3) is 0 Å². The van der Waals surface area contributed by atoms with Crippen molar-refractivity contribution in [3.63, 3.8) is 0 Å². The van der Waals surface area contributed by atoms with E-state index >= 15 is 8.78 Å². The van der Waals surface area contributed by atoms with Gasteiger partial charge in [-0.05, 0) is 62.7 Å².